The zero-order valence-electron chi connectivity index (χ0n) is 8.17. The van der Waals surface area contributed by atoms with Crippen molar-refractivity contribution in [2.75, 3.05) is 6.26 Å². The van der Waals surface area contributed by atoms with Crippen LogP contribution in [0.4, 0.5) is 0 Å². The number of hydrogen-bond acceptors (Lipinski definition) is 2. The van der Waals surface area contributed by atoms with E-state index in [0.717, 1.165) is 22.5 Å². The van der Waals surface area contributed by atoms with Crippen molar-refractivity contribution >= 4 is 21.6 Å². The Morgan fingerprint density at radius 1 is 1.42 bits per heavy atom. The standard InChI is InChI=1S/C10H18S2/c1-7(2)8-6-10(8)5-4-9(10)12-11-3/h7-9H,4-6H2,1-3H3. The molecule has 1 spiro atoms. The average molecular weight is 202 g/mol. The van der Waals surface area contributed by atoms with Gasteiger partial charge in [0.2, 0.25) is 0 Å². The summed E-state index contributed by atoms with van der Waals surface area (Å²) in [5.41, 5.74) is 0.821. The molecule has 3 atom stereocenters. The van der Waals surface area contributed by atoms with Crippen LogP contribution in [0.1, 0.15) is 33.1 Å². The lowest BCUT2D eigenvalue weighted by Crippen LogP contribution is -2.32. The molecule has 0 heterocycles. The molecule has 0 bridgehead atoms. The van der Waals surface area contributed by atoms with Crippen molar-refractivity contribution in [3.8, 4) is 0 Å². The Labute approximate surface area is 83.7 Å². The third-order valence-corrected chi connectivity index (χ3v) is 6.11. The van der Waals surface area contributed by atoms with Gasteiger partial charge in [0, 0.05) is 5.25 Å². The van der Waals surface area contributed by atoms with Gasteiger partial charge < -0.3 is 0 Å². The SMILES string of the molecule is CSSC1CCC12CC2C(C)C. The second-order valence-electron chi connectivity index (χ2n) is 4.58. The fourth-order valence-corrected chi connectivity index (χ4v) is 5.39. The number of hydrogen-bond donors (Lipinski definition) is 0. The average Bonchev–Trinajstić information content (AvgIpc) is 2.74. The normalized spacial score (nSPS) is 45.0. The first-order chi connectivity index (χ1) is 5.70. The second kappa shape index (κ2) is 3.13. The minimum atomic E-state index is 0.821. The molecule has 0 aromatic rings. The van der Waals surface area contributed by atoms with Crippen LogP contribution in [0.5, 0.6) is 0 Å². The molecule has 0 aliphatic heterocycles. The highest BCUT2D eigenvalue weighted by Crippen LogP contribution is 2.71. The third kappa shape index (κ3) is 1.22. The maximum Gasteiger partial charge on any atom is 0.0210 e. The summed E-state index contributed by atoms with van der Waals surface area (Å²) in [4.78, 5) is 0. The van der Waals surface area contributed by atoms with E-state index in [1.807, 2.05) is 10.8 Å². The summed E-state index contributed by atoms with van der Waals surface area (Å²) >= 11 is 0. The van der Waals surface area contributed by atoms with Gasteiger partial charge in [-0.25, -0.2) is 0 Å². The van der Waals surface area contributed by atoms with Gasteiger partial charge in [0.1, 0.15) is 0 Å². The van der Waals surface area contributed by atoms with E-state index in [9.17, 15) is 0 Å². The van der Waals surface area contributed by atoms with Crippen molar-refractivity contribution in [2.24, 2.45) is 17.3 Å². The Hall–Kier alpha value is 0.700. The predicted molar refractivity (Wildman–Crippen MR) is 59.5 cm³/mol. The van der Waals surface area contributed by atoms with Crippen LogP contribution in [0, 0.1) is 17.3 Å². The summed E-state index contributed by atoms with van der Waals surface area (Å²) in [6.07, 6.45) is 6.75. The van der Waals surface area contributed by atoms with Crippen LogP contribution in [-0.4, -0.2) is 11.5 Å². The van der Waals surface area contributed by atoms with Gasteiger partial charge in [-0.05, 0) is 42.8 Å². The molecule has 2 heteroatoms. The number of rotatable bonds is 3. The largest absolute Gasteiger partial charge is 0.0973 e. The molecule has 2 aliphatic rings. The van der Waals surface area contributed by atoms with E-state index >= 15 is 0 Å². The summed E-state index contributed by atoms with van der Waals surface area (Å²) in [5, 5.41) is 1.000. The fourth-order valence-electron chi connectivity index (χ4n) is 2.80. The van der Waals surface area contributed by atoms with Gasteiger partial charge in [-0.2, -0.15) is 0 Å². The van der Waals surface area contributed by atoms with Crippen LogP contribution < -0.4 is 0 Å². The van der Waals surface area contributed by atoms with Crippen molar-refractivity contribution in [3.05, 3.63) is 0 Å². The van der Waals surface area contributed by atoms with Gasteiger partial charge in [-0.1, -0.05) is 35.4 Å². The molecule has 0 radical (unpaired) electrons. The van der Waals surface area contributed by atoms with Gasteiger partial charge in [0.25, 0.3) is 0 Å². The monoisotopic (exact) mass is 202 g/mol. The van der Waals surface area contributed by atoms with Crippen molar-refractivity contribution < 1.29 is 0 Å². The summed E-state index contributed by atoms with van der Waals surface area (Å²) < 4.78 is 0. The molecule has 0 aromatic carbocycles. The third-order valence-electron chi connectivity index (χ3n) is 3.71. The van der Waals surface area contributed by atoms with Gasteiger partial charge in [-0.15, -0.1) is 0 Å². The molecule has 2 fully saturated rings. The Morgan fingerprint density at radius 3 is 2.50 bits per heavy atom. The first-order valence-corrected chi connectivity index (χ1v) is 7.52. The Morgan fingerprint density at radius 2 is 2.17 bits per heavy atom. The topological polar surface area (TPSA) is 0 Å². The van der Waals surface area contributed by atoms with Crippen molar-refractivity contribution in [1.82, 2.24) is 0 Å². The zero-order valence-corrected chi connectivity index (χ0v) is 9.80. The summed E-state index contributed by atoms with van der Waals surface area (Å²) in [7, 11) is 4.08. The smallest absolute Gasteiger partial charge is 0.0210 e. The minimum absolute atomic E-state index is 0.821. The van der Waals surface area contributed by atoms with Crippen molar-refractivity contribution in [1.29, 1.82) is 0 Å². The highest BCUT2D eigenvalue weighted by atomic mass is 33.1. The Kier molecular flexibility index (Phi) is 2.41. The van der Waals surface area contributed by atoms with Crippen LogP contribution in [0.15, 0.2) is 0 Å². The van der Waals surface area contributed by atoms with Crippen LogP contribution in [-0.2, 0) is 0 Å². The minimum Gasteiger partial charge on any atom is -0.0973 e. The Balaban J connectivity index is 1.90. The van der Waals surface area contributed by atoms with Crippen molar-refractivity contribution in [2.45, 2.75) is 38.4 Å². The molecule has 3 unspecified atom stereocenters. The second-order valence-corrected chi connectivity index (χ2v) is 7.25. The van der Waals surface area contributed by atoms with E-state index in [1.54, 1.807) is 0 Å². The maximum absolute atomic E-state index is 2.39. The van der Waals surface area contributed by atoms with Crippen molar-refractivity contribution in [3.63, 3.8) is 0 Å². The summed E-state index contributed by atoms with van der Waals surface area (Å²) in [6, 6.07) is 0. The van der Waals surface area contributed by atoms with E-state index in [4.69, 9.17) is 0 Å². The summed E-state index contributed by atoms with van der Waals surface area (Å²) in [5.74, 6) is 1.99. The van der Waals surface area contributed by atoms with Gasteiger partial charge in [0.05, 0.1) is 0 Å². The zero-order chi connectivity index (χ0) is 8.77. The molecule has 0 aromatic heterocycles. The van der Waals surface area contributed by atoms with E-state index in [-0.39, 0.29) is 0 Å². The fraction of sp³-hybridized carbons (Fsp3) is 1.00. The quantitative estimate of drug-likeness (QED) is 0.638. The highest BCUT2D eigenvalue weighted by molar-refractivity contribution is 8.76. The molecule has 2 rings (SSSR count). The van der Waals surface area contributed by atoms with Crippen LogP contribution in [0.2, 0.25) is 0 Å². The van der Waals surface area contributed by atoms with E-state index in [0.29, 0.717) is 0 Å². The lowest BCUT2D eigenvalue weighted by atomic mass is 9.77. The van der Waals surface area contributed by atoms with Gasteiger partial charge in [0.15, 0.2) is 0 Å². The van der Waals surface area contributed by atoms with Crippen LogP contribution >= 0.6 is 21.6 Å². The molecule has 2 saturated carbocycles. The summed E-state index contributed by atoms with van der Waals surface area (Å²) in [6.45, 7) is 4.77. The first-order valence-electron chi connectivity index (χ1n) is 4.90. The molecule has 2 aliphatic carbocycles. The van der Waals surface area contributed by atoms with Gasteiger partial charge >= 0.3 is 0 Å². The van der Waals surface area contributed by atoms with E-state index < -0.39 is 0 Å². The molecular formula is C10H18S2. The highest BCUT2D eigenvalue weighted by Gasteiger charge is 2.64. The van der Waals surface area contributed by atoms with Crippen LogP contribution in [0.25, 0.3) is 0 Å². The lowest BCUT2D eigenvalue weighted by molar-refractivity contribution is 0.251. The molecular weight excluding hydrogens is 184 g/mol. The molecule has 12 heavy (non-hydrogen) atoms. The molecule has 0 N–H and O–H groups in total. The molecule has 70 valence electrons. The van der Waals surface area contributed by atoms with E-state index in [2.05, 4.69) is 30.9 Å². The van der Waals surface area contributed by atoms with Gasteiger partial charge in [-0.3, -0.25) is 0 Å². The predicted octanol–water partition coefficient (Wildman–Crippen LogP) is 3.82. The maximum atomic E-state index is 2.39. The van der Waals surface area contributed by atoms with Crippen LogP contribution in [0.3, 0.4) is 0 Å². The van der Waals surface area contributed by atoms with E-state index in [1.165, 1.54) is 19.3 Å². The first kappa shape index (κ1) is 9.26. The Bertz CT molecular complexity index is 179. The molecule has 0 amide bonds. The molecule has 0 nitrogen and oxygen atoms in total. The lowest BCUT2D eigenvalue weighted by Gasteiger charge is -2.38. The molecule has 0 saturated heterocycles.